The van der Waals surface area contributed by atoms with E-state index in [1.807, 2.05) is 6.07 Å². The average molecular weight is 246 g/mol. The summed E-state index contributed by atoms with van der Waals surface area (Å²) in [5, 5.41) is 17.7. The number of carboxylic acid groups (broad SMARTS) is 1. The minimum absolute atomic E-state index is 0.483. The Labute approximate surface area is 105 Å². The molecule has 94 valence electrons. The molecule has 0 unspecified atom stereocenters. The summed E-state index contributed by atoms with van der Waals surface area (Å²) >= 11 is 0. The minimum atomic E-state index is -1.48. The van der Waals surface area contributed by atoms with Crippen molar-refractivity contribution in [2.24, 2.45) is 5.41 Å². The number of rotatable bonds is 3. The van der Waals surface area contributed by atoms with Crippen molar-refractivity contribution in [3.63, 3.8) is 0 Å². The van der Waals surface area contributed by atoms with Gasteiger partial charge in [0.15, 0.2) is 0 Å². The molecule has 1 amide bonds. The number of nitrogens with zero attached hydrogens (tertiary/aromatic N) is 2. The molecule has 0 aliphatic rings. The third-order valence-electron chi connectivity index (χ3n) is 2.76. The normalized spacial score (nSPS) is 10.6. The van der Waals surface area contributed by atoms with Gasteiger partial charge >= 0.3 is 5.97 Å². The van der Waals surface area contributed by atoms with Gasteiger partial charge in [0.2, 0.25) is 5.91 Å². The summed E-state index contributed by atoms with van der Waals surface area (Å²) in [5.74, 6) is -1.69. The quantitative estimate of drug-likeness (QED) is 0.822. The van der Waals surface area contributed by atoms with E-state index in [1.54, 1.807) is 24.3 Å². The van der Waals surface area contributed by atoms with Crippen LogP contribution in [0.4, 0.5) is 5.69 Å². The largest absolute Gasteiger partial charge is 0.480 e. The molecule has 0 heterocycles. The highest BCUT2D eigenvalue weighted by molar-refractivity contribution is 6.08. The van der Waals surface area contributed by atoms with Crippen LogP contribution in [0.1, 0.15) is 19.4 Å². The van der Waals surface area contributed by atoms with Gasteiger partial charge in [-0.2, -0.15) is 5.26 Å². The maximum absolute atomic E-state index is 12.0. The van der Waals surface area contributed by atoms with E-state index in [4.69, 9.17) is 10.4 Å². The number of anilines is 1. The molecule has 1 aromatic carbocycles. The zero-order valence-corrected chi connectivity index (χ0v) is 10.5. The molecule has 0 saturated heterocycles. The summed E-state index contributed by atoms with van der Waals surface area (Å²) in [6.07, 6.45) is 0. The number of carbonyl (C=O) groups is 2. The van der Waals surface area contributed by atoms with Crippen LogP contribution in [0.2, 0.25) is 0 Å². The molecule has 0 aliphatic heterocycles. The lowest BCUT2D eigenvalue weighted by Gasteiger charge is -2.26. The Hall–Kier alpha value is -2.35. The van der Waals surface area contributed by atoms with E-state index in [0.717, 1.165) is 0 Å². The highest BCUT2D eigenvalue weighted by Gasteiger charge is 2.38. The molecule has 1 N–H and O–H groups in total. The minimum Gasteiger partial charge on any atom is -0.480 e. The number of nitriles is 1. The summed E-state index contributed by atoms with van der Waals surface area (Å²) in [5.41, 5.74) is -0.451. The van der Waals surface area contributed by atoms with Crippen molar-refractivity contribution in [1.82, 2.24) is 0 Å². The monoisotopic (exact) mass is 246 g/mol. The molecule has 1 rings (SSSR count). The van der Waals surface area contributed by atoms with E-state index in [1.165, 1.54) is 25.8 Å². The van der Waals surface area contributed by atoms with Crippen LogP contribution in [0.3, 0.4) is 0 Å². The lowest BCUT2D eigenvalue weighted by atomic mass is 9.92. The van der Waals surface area contributed by atoms with Gasteiger partial charge in [-0.3, -0.25) is 9.59 Å². The molecule has 0 aromatic heterocycles. The van der Waals surface area contributed by atoms with Gasteiger partial charge in [0, 0.05) is 12.7 Å². The van der Waals surface area contributed by atoms with Gasteiger partial charge in [-0.25, -0.2) is 0 Å². The van der Waals surface area contributed by atoms with Gasteiger partial charge in [0.25, 0.3) is 0 Å². The molecule has 0 fully saturated rings. The van der Waals surface area contributed by atoms with Crippen LogP contribution in [-0.4, -0.2) is 24.0 Å². The fourth-order valence-electron chi connectivity index (χ4n) is 1.39. The Morgan fingerprint density at radius 1 is 1.28 bits per heavy atom. The third-order valence-corrected chi connectivity index (χ3v) is 2.76. The Kier molecular flexibility index (Phi) is 3.72. The number of benzene rings is 1. The predicted octanol–water partition coefficient (Wildman–Crippen LogP) is 1.63. The van der Waals surface area contributed by atoms with Crippen LogP contribution in [0, 0.1) is 16.7 Å². The van der Waals surface area contributed by atoms with E-state index in [0.29, 0.717) is 11.3 Å². The summed E-state index contributed by atoms with van der Waals surface area (Å²) in [7, 11) is 1.51. The van der Waals surface area contributed by atoms with Crippen molar-refractivity contribution in [3.8, 4) is 6.07 Å². The first-order valence-electron chi connectivity index (χ1n) is 5.32. The van der Waals surface area contributed by atoms with Crippen LogP contribution in [-0.2, 0) is 9.59 Å². The van der Waals surface area contributed by atoms with Gasteiger partial charge in [-0.05, 0) is 38.1 Å². The van der Waals surface area contributed by atoms with Crippen LogP contribution in [0.15, 0.2) is 24.3 Å². The summed E-state index contributed by atoms with van der Waals surface area (Å²) in [4.78, 5) is 24.3. The zero-order valence-electron chi connectivity index (χ0n) is 10.5. The maximum atomic E-state index is 12.0. The van der Waals surface area contributed by atoms with E-state index < -0.39 is 17.3 Å². The topological polar surface area (TPSA) is 81.4 Å². The average Bonchev–Trinajstić information content (AvgIpc) is 2.36. The molecule has 5 heteroatoms. The SMILES string of the molecule is CN(C(=O)C(C)(C)C(=O)O)c1ccc(C#N)cc1. The molecule has 5 nitrogen and oxygen atoms in total. The van der Waals surface area contributed by atoms with E-state index in [-0.39, 0.29) is 0 Å². The molecule has 0 bridgehead atoms. The molecule has 0 radical (unpaired) electrons. The van der Waals surface area contributed by atoms with Crippen molar-refractivity contribution >= 4 is 17.6 Å². The maximum Gasteiger partial charge on any atom is 0.318 e. The number of carboxylic acids is 1. The fourth-order valence-corrected chi connectivity index (χ4v) is 1.39. The fraction of sp³-hybridized carbons (Fsp3) is 0.308. The first-order chi connectivity index (χ1) is 8.30. The molecule has 1 aromatic rings. The van der Waals surface area contributed by atoms with Crippen molar-refractivity contribution in [1.29, 1.82) is 5.26 Å². The Morgan fingerprint density at radius 3 is 2.17 bits per heavy atom. The van der Waals surface area contributed by atoms with Crippen LogP contribution >= 0.6 is 0 Å². The Bertz CT molecular complexity index is 512. The third kappa shape index (κ3) is 2.48. The number of aliphatic carboxylic acids is 1. The summed E-state index contributed by atoms with van der Waals surface area (Å²) in [6.45, 7) is 2.72. The first-order valence-corrected chi connectivity index (χ1v) is 5.32. The molecule has 0 atom stereocenters. The second-order valence-electron chi connectivity index (χ2n) is 4.45. The van der Waals surface area contributed by atoms with Crippen molar-refractivity contribution < 1.29 is 14.7 Å². The second kappa shape index (κ2) is 4.88. The second-order valence-corrected chi connectivity index (χ2v) is 4.45. The van der Waals surface area contributed by atoms with Crippen LogP contribution in [0.25, 0.3) is 0 Å². The molecule has 0 aliphatic carbocycles. The summed E-state index contributed by atoms with van der Waals surface area (Å²) < 4.78 is 0. The first kappa shape index (κ1) is 13.7. The number of carbonyl (C=O) groups excluding carboxylic acids is 1. The van der Waals surface area contributed by atoms with Crippen LogP contribution < -0.4 is 4.90 Å². The van der Waals surface area contributed by atoms with Gasteiger partial charge < -0.3 is 10.0 Å². The highest BCUT2D eigenvalue weighted by atomic mass is 16.4. The van der Waals surface area contributed by atoms with Crippen molar-refractivity contribution in [2.75, 3.05) is 11.9 Å². The molecule has 0 spiro atoms. The van der Waals surface area contributed by atoms with Gasteiger partial charge in [0.05, 0.1) is 11.6 Å². The molecule has 0 saturated carbocycles. The molecule has 18 heavy (non-hydrogen) atoms. The summed E-state index contributed by atoms with van der Waals surface area (Å²) in [6, 6.07) is 8.34. The van der Waals surface area contributed by atoms with Gasteiger partial charge in [-0.1, -0.05) is 0 Å². The Balaban J connectivity index is 3.00. The lowest BCUT2D eigenvalue weighted by molar-refractivity contribution is -0.152. The smallest absolute Gasteiger partial charge is 0.318 e. The lowest BCUT2D eigenvalue weighted by Crippen LogP contribution is -2.43. The number of hydrogen-bond donors (Lipinski definition) is 1. The van der Waals surface area contributed by atoms with E-state index in [9.17, 15) is 9.59 Å². The van der Waals surface area contributed by atoms with Gasteiger partial charge in [0.1, 0.15) is 5.41 Å². The zero-order chi connectivity index (χ0) is 13.9. The number of hydrogen-bond acceptors (Lipinski definition) is 3. The van der Waals surface area contributed by atoms with Crippen LogP contribution in [0.5, 0.6) is 0 Å². The molecular formula is C13H14N2O3. The number of amides is 1. The van der Waals surface area contributed by atoms with Crippen molar-refractivity contribution in [3.05, 3.63) is 29.8 Å². The molecular weight excluding hydrogens is 232 g/mol. The Morgan fingerprint density at radius 2 is 1.78 bits per heavy atom. The standard InChI is InChI=1S/C13H14N2O3/c1-13(2,12(17)18)11(16)15(3)10-6-4-9(8-14)5-7-10/h4-7H,1-3H3,(H,17,18). The van der Waals surface area contributed by atoms with E-state index >= 15 is 0 Å². The highest BCUT2D eigenvalue weighted by Crippen LogP contribution is 2.23. The predicted molar refractivity (Wildman–Crippen MR) is 66.0 cm³/mol. The van der Waals surface area contributed by atoms with E-state index in [2.05, 4.69) is 0 Å². The van der Waals surface area contributed by atoms with Gasteiger partial charge in [-0.15, -0.1) is 0 Å². The van der Waals surface area contributed by atoms with Crippen molar-refractivity contribution in [2.45, 2.75) is 13.8 Å².